The highest BCUT2D eigenvalue weighted by Crippen LogP contribution is 2.35. The van der Waals surface area contributed by atoms with Crippen LogP contribution in [0.15, 0.2) is 12.1 Å². The van der Waals surface area contributed by atoms with Crippen molar-refractivity contribution in [1.82, 2.24) is 0 Å². The number of carbonyl (C=O) groups is 1. The van der Waals surface area contributed by atoms with Crippen molar-refractivity contribution in [2.45, 2.75) is 12.5 Å². The van der Waals surface area contributed by atoms with Crippen LogP contribution in [0, 0.1) is 0 Å². The largest absolute Gasteiger partial charge is 0.507 e. The highest BCUT2D eigenvalue weighted by Gasteiger charge is 2.16. The molecule has 1 aromatic carbocycles. The van der Waals surface area contributed by atoms with Crippen molar-refractivity contribution < 1.29 is 25.2 Å². The maximum absolute atomic E-state index is 10.4. The normalized spacial score (nSPS) is 12.3. The molecule has 0 aliphatic carbocycles. The van der Waals surface area contributed by atoms with Gasteiger partial charge >= 0.3 is 5.97 Å². The van der Waals surface area contributed by atoms with Crippen LogP contribution in [0.4, 0.5) is 0 Å². The first kappa shape index (κ1) is 11.1. The van der Waals surface area contributed by atoms with Gasteiger partial charge in [-0.15, -0.1) is 0 Å². The average Bonchev–Trinajstić information content (AvgIpc) is 2.09. The Hall–Kier alpha value is -1.95. The Balaban J connectivity index is 3.03. The number of carboxylic acids is 1. The fourth-order valence-corrected chi connectivity index (χ4v) is 1.18. The minimum absolute atomic E-state index is 0.0766. The third-order valence-electron chi connectivity index (χ3n) is 1.92. The van der Waals surface area contributed by atoms with Gasteiger partial charge in [0.25, 0.3) is 0 Å². The molecule has 0 spiro atoms. The Morgan fingerprint density at radius 3 is 2.27 bits per heavy atom. The molecule has 6 nitrogen and oxygen atoms in total. The molecule has 0 saturated heterocycles. The summed E-state index contributed by atoms with van der Waals surface area (Å²) in [6.45, 7) is 0. The molecule has 0 amide bonds. The van der Waals surface area contributed by atoms with Crippen LogP contribution in [0.2, 0.25) is 0 Å². The maximum atomic E-state index is 10.4. The summed E-state index contributed by atoms with van der Waals surface area (Å²) in [5.74, 6) is -2.41. The Morgan fingerprint density at radius 1 is 1.20 bits per heavy atom. The minimum Gasteiger partial charge on any atom is -0.507 e. The highest BCUT2D eigenvalue weighted by atomic mass is 16.4. The van der Waals surface area contributed by atoms with Gasteiger partial charge in [0.05, 0.1) is 6.42 Å². The zero-order valence-electron chi connectivity index (χ0n) is 7.71. The van der Waals surface area contributed by atoms with Crippen LogP contribution >= 0.6 is 0 Å². The molecule has 1 atom stereocenters. The second kappa shape index (κ2) is 4.05. The monoisotopic (exact) mass is 213 g/mol. The molecule has 0 bridgehead atoms. The molecule has 0 heterocycles. The smallest absolute Gasteiger partial charge is 0.305 e. The zero-order valence-corrected chi connectivity index (χ0v) is 7.71. The molecule has 0 radical (unpaired) electrons. The number of carboxylic acid groups (broad SMARTS) is 1. The van der Waals surface area contributed by atoms with Crippen LogP contribution in [0.3, 0.4) is 0 Å². The van der Waals surface area contributed by atoms with Gasteiger partial charge in [0, 0.05) is 17.7 Å². The number of aromatic hydroxyl groups is 3. The second-order valence-electron chi connectivity index (χ2n) is 3.10. The van der Waals surface area contributed by atoms with Gasteiger partial charge in [-0.05, 0) is 6.07 Å². The van der Waals surface area contributed by atoms with Crippen LogP contribution in [-0.2, 0) is 4.79 Å². The van der Waals surface area contributed by atoms with E-state index in [0.717, 1.165) is 12.1 Å². The predicted molar refractivity (Wildman–Crippen MR) is 50.6 cm³/mol. The van der Waals surface area contributed by atoms with E-state index in [1.54, 1.807) is 0 Å². The van der Waals surface area contributed by atoms with Gasteiger partial charge in [0.2, 0.25) is 0 Å². The first-order valence-electron chi connectivity index (χ1n) is 4.14. The molecule has 1 aromatic rings. The van der Waals surface area contributed by atoms with Gasteiger partial charge < -0.3 is 26.2 Å². The van der Waals surface area contributed by atoms with Gasteiger partial charge in [-0.25, -0.2) is 0 Å². The first-order chi connectivity index (χ1) is 6.91. The van der Waals surface area contributed by atoms with E-state index in [1.165, 1.54) is 0 Å². The molecule has 0 aromatic heterocycles. The number of hydrogen-bond acceptors (Lipinski definition) is 5. The highest BCUT2D eigenvalue weighted by molar-refractivity contribution is 5.68. The summed E-state index contributed by atoms with van der Waals surface area (Å²) in [6, 6.07) is 1.01. The van der Waals surface area contributed by atoms with Crippen LogP contribution in [-0.4, -0.2) is 26.4 Å². The third kappa shape index (κ3) is 2.50. The molecule has 6 N–H and O–H groups in total. The lowest BCUT2D eigenvalue weighted by Gasteiger charge is -2.12. The molecule has 0 fully saturated rings. The molecular formula is C9H11NO5. The predicted octanol–water partition coefficient (Wildman–Crippen LogP) is 0.278. The number of nitrogens with two attached hydrogens (primary N) is 1. The Labute approximate surface area is 85.2 Å². The van der Waals surface area contributed by atoms with Crippen LogP contribution in [0.25, 0.3) is 0 Å². The number of phenolic OH excluding ortho intramolecular Hbond substituents is 3. The fourth-order valence-electron chi connectivity index (χ4n) is 1.18. The number of hydrogen-bond donors (Lipinski definition) is 5. The summed E-state index contributed by atoms with van der Waals surface area (Å²) in [4.78, 5) is 10.4. The van der Waals surface area contributed by atoms with E-state index >= 15 is 0 Å². The van der Waals surface area contributed by atoms with Gasteiger partial charge in [-0.2, -0.15) is 0 Å². The number of aliphatic carboxylic acids is 1. The van der Waals surface area contributed by atoms with Crippen molar-refractivity contribution >= 4 is 5.97 Å². The van der Waals surface area contributed by atoms with Crippen molar-refractivity contribution in [3.05, 3.63) is 17.7 Å². The fraction of sp³-hybridized carbons (Fsp3) is 0.222. The van der Waals surface area contributed by atoms with E-state index < -0.39 is 23.5 Å². The van der Waals surface area contributed by atoms with Gasteiger partial charge in [-0.1, -0.05) is 0 Å². The molecule has 0 aliphatic rings. The average molecular weight is 213 g/mol. The number of benzene rings is 1. The Bertz CT molecular complexity index is 390. The van der Waals surface area contributed by atoms with Crippen molar-refractivity contribution in [2.24, 2.45) is 5.73 Å². The standard InChI is InChI=1S/C9H11NO5/c10-5(2-9(14)15)4-1-7(12)8(13)3-6(4)11/h1,3,5,11-13H,2,10H2,(H,14,15)/t5-/m1/s1. The topological polar surface area (TPSA) is 124 Å². The van der Waals surface area contributed by atoms with Crippen molar-refractivity contribution in [3.63, 3.8) is 0 Å². The van der Waals surface area contributed by atoms with Gasteiger partial charge in [0.1, 0.15) is 5.75 Å². The van der Waals surface area contributed by atoms with E-state index in [4.69, 9.17) is 21.1 Å². The summed E-state index contributed by atoms with van der Waals surface area (Å²) < 4.78 is 0. The maximum Gasteiger partial charge on any atom is 0.305 e. The number of rotatable bonds is 3. The van der Waals surface area contributed by atoms with Crippen molar-refractivity contribution in [2.75, 3.05) is 0 Å². The summed E-state index contributed by atoms with van der Waals surface area (Å²) >= 11 is 0. The first-order valence-corrected chi connectivity index (χ1v) is 4.14. The lowest BCUT2D eigenvalue weighted by Crippen LogP contribution is -2.15. The zero-order chi connectivity index (χ0) is 11.6. The SMILES string of the molecule is N[C@H](CC(=O)O)c1cc(O)c(O)cc1O. The Morgan fingerprint density at radius 2 is 1.73 bits per heavy atom. The van der Waals surface area contributed by atoms with Gasteiger partial charge in [0.15, 0.2) is 11.5 Å². The van der Waals surface area contributed by atoms with Crippen LogP contribution in [0.1, 0.15) is 18.0 Å². The summed E-state index contributed by atoms with van der Waals surface area (Å²) in [7, 11) is 0. The molecule has 82 valence electrons. The second-order valence-corrected chi connectivity index (χ2v) is 3.10. The molecule has 6 heteroatoms. The van der Waals surface area contributed by atoms with Crippen LogP contribution < -0.4 is 5.73 Å². The molecule has 15 heavy (non-hydrogen) atoms. The van der Waals surface area contributed by atoms with Crippen molar-refractivity contribution in [3.8, 4) is 17.2 Å². The van der Waals surface area contributed by atoms with E-state index in [2.05, 4.69) is 0 Å². The molecule has 0 unspecified atom stereocenters. The third-order valence-corrected chi connectivity index (χ3v) is 1.92. The summed E-state index contributed by atoms with van der Waals surface area (Å²) in [5, 5.41) is 36.0. The molecule has 0 aliphatic heterocycles. The van der Waals surface area contributed by atoms with Gasteiger partial charge in [-0.3, -0.25) is 4.79 Å². The molecular weight excluding hydrogens is 202 g/mol. The molecule has 1 rings (SSSR count). The minimum atomic E-state index is -1.12. The summed E-state index contributed by atoms with van der Waals surface area (Å²) in [6.07, 6.45) is -0.377. The number of phenols is 3. The lowest BCUT2D eigenvalue weighted by atomic mass is 10.0. The quantitative estimate of drug-likeness (QED) is 0.363. The van der Waals surface area contributed by atoms with E-state index in [0.29, 0.717) is 0 Å². The van der Waals surface area contributed by atoms with E-state index in [9.17, 15) is 9.90 Å². The van der Waals surface area contributed by atoms with E-state index in [-0.39, 0.29) is 17.7 Å². The lowest BCUT2D eigenvalue weighted by molar-refractivity contribution is -0.137. The summed E-state index contributed by atoms with van der Waals surface area (Å²) in [5.41, 5.74) is 5.56. The van der Waals surface area contributed by atoms with Crippen LogP contribution in [0.5, 0.6) is 17.2 Å². The Kier molecular flexibility index (Phi) is 3.01. The molecule has 0 saturated carbocycles. The van der Waals surface area contributed by atoms with E-state index in [1.807, 2.05) is 0 Å². The van der Waals surface area contributed by atoms with Crippen molar-refractivity contribution in [1.29, 1.82) is 0 Å².